The van der Waals surface area contributed by atoms with Gasteiger partial charge in [-0.1, -0.05) is 0 Å². The largest absolute Gasteiger partial charge is 0.441 e. The fourth-order valence-corrected chi connectivity index (χ4v) is 1.93. The van der Waals surface area contributed by atoms with Crippen LogP contribution in [0, 0.1) is 0 Å². The molecular weight excluding hydrogens is 251 g/mol. The lowest BCUT2D eigenvalue weighted by molar-refractivity contribution is -0.0328. The van der Waals surface area contributed by atoms with Gasteiger partial charge in [-0.3, -0.25) is 4.68 Å². The minimum absolute atomic E-state index is 0.000668. The number of alkyl halides is 3. The molecule has 0 aliphatic heterocycles. The SMILES string of the molecule is FC(F)(F)SCCn1cc(CNC2CC2)cn1. The third kappa shape index (κ3) is 4.99. The van der Waals surface area contributed by atoms with Crippen LogP contribution in [0.15, 0.2) is 12.4 Å². The summed E-state index contributed by atoms with van der Waals surface area (Å²) in [5.74, 6) is 0.000668. The standard InChI is InChI=1S/C10H14F3N3S/c11-10(12,13)17-4-3-16-7-8(6-15-16)5-14-9-1-2-9/h6-7,9,14H,1-5H2. The Morgan fingerprint density at radius 3 is 2.88 bits per heavy atom. The second-order valence-electron chi connectivity index (χ2n) is 4.06. The zero-order valence-electron chi connectivity index (χ0n) is 9.20. The van der Waals surface area contributed by atoms with Crippen LogP contribution < -0.4 is 5.32 Å². The predicted octanol–water partition coefficient (Wildman–Crippen LogP) is 2.39. The lowest BCUT2D eigenvalue weighted by Crippen LogP contribution is -2.14. The lowest BCUT2D eigenvalue weighted by atomic mass is 10.3. The van der Waals surface area contributed by atoms with Gasteiger partial charge in [0.1, 0.15) is 0 Å². The van der Waals surface area contributed by atoms with Gasteiger partial charge in [-0.2, -0.15) is 18.3 Å². The highest BCUT2D eigenvalue weighted by Crippen LogP contribution is 2.29. The molecule has 0 saturated heterocycles. The quantitative estimate of drug-likeness (QED) is 0.856. The van der Waals surface area contributed by atoms with Crippen molar-refractivity contribution >= 4 is 11.8 Å². The van der Waals surface area contributed by atoms with E-state index in [0.29, 0.717) is 6.04 Å². The monoisotopic (exact) mass is 265 g/mol. The minimum atomic E-state index is -4.15. The highest BCUT2D eigenvalue weighted by atomic mass is 32.2. The van der Waals surface area contributed by atoms with Crippen LogP contribution in [0.3, 0.4) is 0 Å². The Labute approximate surface area is 102 Å². The summed E-state index contributed by atoms with van der Waals surface area (Å²) in [4.78, 5) is 0. The third-order valence-corrected chi connectivity index (χ3v) is 3.16. The van der Waals surface area contributed by atoms with Crippen molar-refractivity contribution in [3.05, 3.63) is 18.0 Å². The van der Waals surface area contributed by atoms with E-state index in [9.17, 15) is 13.2 Å². The van der Waals surface area contributed by atoms with Crippen LogP contribution in [0.25, 0.3) is 0 Å². The van der Waals surface area contributed by atoms with Gasteiger partial charge in [0.25, 0.3) is 0 Å². The van der Waals surface area contributed by atoms with Crippen molar-refractivity contribution in [2.75, 3.05) is 5.75 Å². The van der Waals surface area contributed by atoms with E-state index in [2.05, 4.69) is 10.4 Å². The Bertz CT molecular complexity index is 360. The molecule has 1 saturated carbocycles. The van der Waals surface area contributed by atoms with Gasteiger partial charge < -0.3 is 5.32 Å². The lowest BCUT2D eigenvalue weighted by Gasteiger charge is -2.05. The van der Waals surface area contributed by atoms with Crippen molar-refractivity contribution in [2.24, 2.45) is 0 Å². The summed E-state index contributed by atoms with van der Waals surface area (Å²) < 4.78 is 37.3. The number of aromatic nitrogens is 2. The molecule has 0 atom stereocenters. The number of nitrogens with one attached hydrogen (secondary N) is 1. The molecule has 1 aromatic heterocycles. The summed E-state index contributed by atoms with van der Waals surface area (Å²) in [6, 6.07) is 0.624. The second kappa shape index (κ2) is 5.30. The average molecular weight is 265 g/mol. The highest BCUT2D eigenvalue weighted by molar-refractivity contribution is 8.00. The highest BCUT2D eigenvalue weighted by Gasteiger charge is 2.27. The first-order valence-corrected chi connectivity index (χ1v) is 6.47. The van der Waals surface area contributed by atoms with Crippen molar-refractivity contribution < 1.29 is 13.2 Å². The first-order chi connectivity index (χ1) is 8.03. The summed E-state index contributed by atoms with van der Waals surface area (Å²) in [6.07, 6.45) is 5.94. The van der Waals surface area contributed by atoms with Crippen LogP contribution in [0.1, 0.15) is 18.4 Å². The molecule has 1 aromatic rings. The molecule has 96 valence electrons. The summed E-state index contributed by atoms with van der Waals surface area (Å²) in [5, 5.41) is 7.36. The molecule has 1 aliphatic carbocycles. The minimum Gasteiger partial charge on any atom is -0.310 e. The number of aryl methyl sites for hydroxylation is 1. The summed E-state index contributed by atoms with van der Waals surface area (Å²) in [5.41, 5.74) is -3.13. The summed E-state index contributed by atoms with van der Waals surface area (Å²) in [7, 11) is 0. The van der Waals surface area contributed by atoms with Crippen LogP contribution in [-0.4, -0.2) is 27.1 Å². The van der Waals surface area contributed by atoms with Crippen molar-refractivity contribution in [3.63, 3.8) is 0 Å². The van der Waals surface area contributed by atoms with Crippen LogP contribution in [0.2, 0.25) is 0 Å². The van der Waals surface area contributed by atoms with Gasteiger partial charge in [0.15, 0.2) is 0 Å². The van der Waals surface area contributed by atoms with E-state index in [-0.39, 0.29) is 24.1 Å². The average Bonchev–Trinajstić information content (AvgIpc) is 2.95. The maximum Gasteiger partial charge on any atom is 0.441 e. The van der Waals surface area contributed by atoms with Crippen molar-refractivity contribution in [1.29, 1.82) is 0 Å². The number of nitrogens with zero attached hydrogens (tertiary/aromatic N) is 2. The van der Waals surface area contributed by atoms with E-state index >= 15 is 0 Å². The molecule has 0 amide bonds. The Hall–Kier alpha value is -0.690. The van der Waals surface area contributed by atoms with Gasteiger partial charge in [0.2, 0.25) is 0 Å². The Morgan fingerprint density at radius 2 is 2.24 bits per heavy atom. The van der Waals surface area contributed by atoms with E-state index in [4.69, 9.17) is 0 Å². The number of halogens is 3. The molecular formula is C10H14F3N3S. The Kier molecular flexibility index (Phi) is 3.98. The first-order valence-electron chi connectivity index (χ1n) is 5.48. The molecule has 0 radical (unpaired) electrons. The molecule has 1 aliphatic rings. The maximum atomic E-state index is 11.9. The Morgan fingerprint density at radius 1 is 1.47 bits per heavy atom. The molecule has 2 rings (SSSR count). The van der Waals surface area contributed by atoms with Gasteiger partial charge in [0.05, 0.1) is 12.7 Å². The normalized spacial score (nSPS) is 16.4. The molecule has 1 fully saturated rings. The smallest absolute Gasteiger partial charge is 0.310 e. The molecule has 17 heavy (non-hydrogen) atoms. The molecule has 7 heteroatoms. The van der Waals surface area contributed by atoms with Crippen LogP contribution in [-0.2, 0) is 13.1 Å². The van der Waals surface area contributed by atoms with Gasteiger partial charge in [-0.15, -0.1) is 0 Å². The maximum absolute atomic E-state index is 11.9. The number of thioether (sulfide) groups is 1. The van der Waals surface area contributed by atoms with Gasteiger partial charge in [-0.05, 0) is 24.6 Å². The van der Waals surface area contributed by atoms with Crippen LogP contribution >= 0.6 is 11.8 Å². The zero-order valence-corrected chi connectivity index (χ0v) is 10.0. The van der Waals surface area contributed by atoms with Crippen LogP contribution in [0.5, 0.6) is 0 Å². The molecule has 3 nitrogen and oxygen atoms in total. The number of hydrogen-bond acceptors (Lipinski definition) is 3. The molecule has 0 unspecified atom stereocenters. The number of rotatable bonds is 6. The summed E-state index contributed by atoms with van der Waals surface area (Å²) in [6.45, 7) is 1.03. The van der Waals surface area contributed by atoms with Crippen molar-refractivity contribution in [3.8, 4) is 0 Å². The Balaban J connectivity index is 1.69. The van der Waals surface area contributed by atoms with Crippen molar-refractivity contribution in [1.82, 2.24) is 15.1 Å². The fourth-order valence-electron chi connectivity index (χ4n) is 1.42. The summed E-state index contributed by atoms with van der Waals surface area (Å²) >= 11 is -0.0105. The van der Waals surface area contributed by atoms with Gasteiger partial charge in [-0.25, -0.2) is 0 Å². The molecule has 0 bridgehead atoms. The van der Waals surface area contributed by atoms with E-state index in [1.807, 2.05) is 0 Å². The van der Waals surface area contributed by atoms with E-state index < -0.39 is 5.51 Å². The van der Waals surface area contributed by atoms with E-state index in [1.54, 1.807) is 17.1 Å². The zero-order chi connectivity index (χ0) is 12.3. The molecule has 0 spiro atoms. The molecule has 1 N–H and O–H groups in total. The molecule has 0 aromatic carbocycles. The predicted molar refractivity (Wildman–Crippen MR) is 60.6 cm³/mol. The van der Waals surface area contributed by atoms with E-state index in [1.165, 1.54) is 12.8 Å². The van der Waals surface area contributed by atoms with Gasteiger partial charge in [0, 0.05) is 30.1 Å². The molecule has 1 heterocycles. The topological polar surface area (TPSA) is 29.9 Å². The van der Waals surface area contributed by atoms with Crippen LogP contribution in [0.4, 0.5) is 13.2 Å². The second-order valence-corrected chi connectivity index (χ2v) is 5.22. The van der Waals surface area contributed by atoms with Gasteiger partial charge >= 0.3 is 5.51 Å². The third-order valence-electron chi connectivity index (χ3n) is 2.45. The van der Waals surface area contributed by atoms with Crippen molar-refractivity contribution in [2.45, 2.75) is 37.5 Å². The number of hydrogen-bond donors (Lipinski definition) is 1. The fraction of sp³-hybridized carbons (Fsp3) is 0.700. The first kappa shape index (κ1) is 12.8. The van der Waals surface area contributed by atoms with E-state index in [0.717, 1.165) is 12.1 Å².